The van der Waals surface area contributed by atoms with Gasteiger partial charge in [-0.1, -0.05) is 26.0 Å². The quantitative estimate of drug-likeness (QED) is 0.611. The lowest BCUT2D eigenvalue weighted by molar-refractivity contribution is 0.0927. The first-order chi connectivity index (χ1) is 14.4. The van der Waals surface area contributed by atoms with E-state index in [0.29, 0.717) is 35.3 Å². The number of aromatic nitrogens is 1. The third kappa shape index (κ3) is 6.03. The van der Waals surface area contributed by atoms with Crippen LogP contribution in [-0.4, -0.2) is 47.9 Å². The summed E-state index contributed by atoms with van der Waals surface area (Å²) >= 11 is 0. The number of anilines is 2. The topological polar surface area (TPSA) is 100 Å². The molecule has 2 aromatic rings. The molecule has 1 aliphatic heterocycles. The molecule has 1 saturated heterocycles. The Hall–Kier alpha value is -2.93. The number of nitrogens with one attached hydrogen (secondary N) is 2. The molecule has 0 bridgehead atoms. The number of carbonyl (C=O) groups excluding carboxylic acids is 2. The summed E-state index contributed by atoms with van der Waals surface area (Å²) in [6.45, 7) is 8.40. The first kappa shape index (κ1) is 21.8. The highest BCUT2D eigenvalue weighted by molar-refractivity contribution is 6.04. The van der Waals surface area contributed by atoms with Gasteiger partial charge in [0.1, 0.15) is 5.69 Å². The summed E-state index contributed by atoms with van der Waals surface area (Å²) in [5.74, 6) is 0.587. The number of para-hydroxylation sites is 2. The van der Waals surface area contributed by atoms with Gasteiger partial charge in [0.2, 0.25) is 0 Å². The molecule has 0 radical (unpaired) electrons. The van der Waals surface area contributed by atoms with E-state index in [0.717, 1.165) is 26.1 Å². The third-order valence-electron chi connectivity index (χ3n) is 5.25. The van der Waals surface area contributed by atoms with E-state index in [2.05, 4.69) is 34.4 Å². The number of amides is 2. The van der Waals surface area contributed by atoms with Crippen molar-refractivity contribution in [2.45, 2.75) is 26.7 Å². The fraction of sp³-hybridized carbons (Fsp3) is 0.435. The zero-order valence-electron chi connectivity index (χ0n) is 17.7. The van der Waals surface area contributed by atoms with E-state index in [-0.39, 0.29) is 17.5 Å². The van der Waals surface area contributed by atoms with Gasteiger partial charge in [0.05, 0.1) is 16.9 Å². The van der Waals surface area contributed by atoms with E-state index >= 15 is 0 Å². The average Bonchev–Trinajstić information content (AvgIpc) is 2.73. The molecule has 1 aromatic heterocycles. The van der Waals surface area contributed by atoms with Gasteiger partial charge in [-0.25, -0.2) is 0 Å². The molecular weight excluding hydrogens is 378 g/mol. The van der Waals surface area contributed by atoms with Crippen LogP contribution in [-0.2, 0) is 0 Å². The molecule has 1 unspecified atom stereocenters. The van der Waals surface area contributed by atoms with Gasteiger partial charge >= 0.3 is 0 Å². The molecular formula is C23H31N5O2. The number of rotatable bonds is 7. The molecule has 0 saturated carbocycles. The number of hydrogen-bond acceptors (Lipinski definition) is 5. The first-order valence-corrected chi connectivity index (χ1v) is 10.5. The van der Waals surface area contributed by atoms with Crippen molar-refractivity contribution in [2.24, 2.45) is 11.8 Å². The maximum atomic E-state index is 12.5. The van der Waals surface area contributed by atoms with Crippen molar-refractivity contribution >= 4 is 23.2 Å². The molecule has 30 heavy (non-hydrogen) atoms. The van der Waals surface area contributed by atoms with E-state index in [1.807, 2.05) is 0 Å². The Balaban J connectivity index is 1.51. The highest BCUT2D eigenvalue weighted by atomic mass is 16.2. The Bertz CT molecular complexity index is 866. The molecule has 160 valence electrons. The van der Waals surface area contributed by atoms with E-state index in [9.17, 15) is 9.59 Å². The number of nitrogen functional groups attached to an aromatic ring is 1. The van der Waals surface area contributed by atoms with Crippen molar-refractivity contribution in [2.75, 3.05) is 37.2 Å². The molecule has 1 aromatic carbocycles. The Kier molecular flexibility index (Phi) is 7.41. The predicted octanol–water partition coefficient (Wildman–Crippen LogP) is 3.01. The van der Waals surface area contributed by atoms with Gasteiger partial charge in [0, 0.05) is 25.8 Å². The largest absolute Gasteiger partial charge is 0.397 e. The van der Waals surface area contributed by atoms with E-state index in [4.69, 9.17) is 5.73 Å². The number of nitrogens with two attached hydrogens (primary N) is 1. The van der Waals surface area contributed by atoms with Crippen LogP contribution in [0.4, 0.5) is 11.4 Å². The lowest BCUT2D eigenvalue weighted by Gasteiger charge is -2.33. The molecule has 7 heteroatoms. The number of hydrogen-bond donors (Lipinski definition) is 3. The van der Waals surface area contributed by atoms with Gasteiger partial charge in [-0.15, -0.1) is 0 Å². The summed E-state index contributed by atoms with van der Waals surface area (Å²) in [5.41, 5.74) is 7.54. The van der Waals surface area contributed by atoms with Crippen LogP contribution < -0.4 is 16.4 Å². The Labute approximate surface area is 178 Å². The van der Waals surface area contributed by atoms with E-state index in [1.165, 1.54) is 12.6 Å². The van der Waals surface area contributed by atoms with Gasteiger partial charge in [-0.3, -0.25) is 14.6 Å². The van der Waals surface area contributed by atoms with Crippen LogP contribution in [0.15, 0.2) is 42.6 Å². The monoisotopic (exact) mass is 409 g/mol. The van der Waals surface area contributed by atoms with Gasteiger partial charge in [0.15, 0.2) is 0 Å². The fourth-order valence-corrected chi connectivity index (χ4v) is 3.80. The second-order valence-electron chi connectivity index (χ2n) is 8.35. The number of carbonyl (C=O) groups is 2. The molecule has 3 rings (SSSR count). The maximum absolute atomic E-state index is 12.5. The summed E-state index contributed by atoms with van der Waals surface area (Å²) in [6, 6.07) is 10.2. The Morgan fingerprint density at radius 2 is 2.00 bits per heavy atom. The SMILES string of the molecule is CC(C)CN1CCCC(CNC(=O)c2ccc(C(=O)Nc3ccccc3N)nc2)C1. The van der Waals surface area contributed by atoms with Crippen LogP contribution in [0.1, 0.15) is 47.5 Å². The van der Waals surface area contributed by atoms with Crippen LogP contribution in [0.25, 0.3) is 0 Å². The summed E-state index contributed by atoms with van der Waals surface area (Å²) in [5, 5.41) is 5.75. The van der Waals surface area contributed by atoms with Gasteiger partial charge in [-0.05, 0) is 55.5 Å². The van der Waals surface area contributed by atoms with Crippen molar-refractivity contribution < 1.29 is 9.59 Å². The number of likely N-dealkylation sites (tertiary alicyclic amines) is 1. The lowest BCUT2D eigenvalue weighted by Crippen LogP contribution is -2.42. The zero-order valence-corrected chi connectivity index (χ0v) is 17.7. The molecule has 0 spiro atoms. The second-order valence-corrected chi connectivity index (χ2v) is 8.35. The average molecular weight is 410 g/mol. The highest BCUT2D eigenvalue weighted by Gasteiger charge is 2.21. The van der Waals surface area contributed by atoms with Crippen LogP contribution in [0, 0.1) is 11.8 Å². The summed E-state index contributed by atoms with van der Waals surface area (Å²) in [4.78, 5) is 31.5. The summed E-state index contributed by atoms with van der Waals surface area (Å²) < 4.78 is 0. The summed E-state index contributed by atoms with van der Waals surface area (Å²) in [6.07, 6.45) is 3.74. The van der Waals surface area contributed by atoms with E-state index in [1.54, 1.807) is 36.4 Å². The Morgan fingerprint density at radius 3 is 2.70 bits per heavy atom. The highest BCUT2D eigenvalue weighted by Crippen LogP contribution is 2.18. The zero-order chi connectivity index (χ0) is 21.5. The van der Waals surface area contributed by atoms with Gasteiger partial charge < -0.3 is 21.3 Å². The van der Waals surface area contributed by atoms with Gasteiger partial charge in [-0.2, -0.15) is 0 Å². The number of nitrogens with zero attached hydrogens (tertiary/aromatic N) is 2. The minimum absolute atomic E-state index is 0.164. The number of pyridine rings is 1. The molecule has 2 amide bonds. The van der Waals surface area contributed by atoms with Crippen LogP contribution in [0.2, 0.25) is 0 Å². The molecule has 1 fully saturated rings. The molecule has 1 aliphatic rings. The third-order valence-corrected chi connectivity index (χ3v) is 5.25. The number of benzene rings is 1. The normalized spacial score (nSPS) is 17.0. The van der Waals surface area contributed by atoms with Crippen LogP contribution >= 0.6 is 0 Å². The van der Waals surface area contributed by atoms with Crippen LogP contribution in [0.3, 0.4) is 0 Å². The van der Waals surface area contributed by atoms with Crippen LogP contribution in [0.5, 0.6) is 0 Å². The maximum Gasteiger partial charge on any atom is 0.274 e. The van der Waals surface area contributed by atoms with Crippen molar-refractivity contribution in [1.29, 1.82) is 0 Å². The predicted molar refractivity (Wildman–Crippen MR) is 119 cm³/mol. The molecule has 7 nitrogen and oxygen atoms in total. The molecule has 1 atom stereocenters. The first-order valence-electron chi connectivity index (χ1n) is 10.5. The fourth-order valence-electron chi connectivity index (χ4n) is 3.80. The Morgan fingerprint density at radius 1 is 1.20 bits per heavy atom. The van der Waals surface area contributed by atoms with Crippen molar-refractivity contribution in [1.82, 2.24) is 15.2 Å². The summed E-state index contributed by atoms with van der Waals surface area (Å²) in [7, 11) is 0. The van der Waals surface area contributed by atoms with Gasteiger partial charge in [0.25, 0.3) is 11.8 Å². The molecule has 0 aliphatic carbocycles. The second kappa shape index (κ2) is 10.2. The smallest absolute Gasteiger partial charge is 0.274 e. The standard InChI is InChI=1S/C23H31N5O2/c1-16(2)14-28-11-5-6-17(15-28)12-26-22(29)18-9-10-21(25-13-18)23(30)27-20-8-4-3-7-19(20)24/h3-4,7-10,13,16-17H,5-6,11-12,14-15,24H2,1-2H3,(H,26,29)(H,27,30). The lowest BCUT2D eigenvalue weighted by atomic mass is 9.97. The van der Waals surface area contributed by atoms with Crippen molar-refractivity contribution in [3.63, 3.8) is 0 Å². The van der Waals surface area contributed by atoms with Crippen molar-refractivity contribution in [3.8, 4) is 0 Å². The minimum atomic E-state index is -0.368. The molecule has 4 N–H and O–H groups in total. The minimum Gasteiger partial charge on any atom is -0.397 e. The van der Waals surface area contributed by atoms with E-state index < -0.39 is 0 Å². The molecule has 2 heterocycles. The number of piperidine rings is 1. The van der Waals surface area contributed by atoms with Crippen molar-refractivity contribution in [3.05, 3.63) is 53.9 Å².